The van der Waals surface area contributed by atoms with Crippen LogP contribution in [0.25, 0.3) is 6.08 Å². The number of rotatable bonds is 5. The Bertz CT molecular complexity index is 1380. The number of amides is 2. The second-order valence-electron chi connectivity index (χ2n) is 11.2. The molecule has 3 aliphatic rings. The molecule has 3 aromatic carbocycles. The van der Waals surface area contributed by atoms with Gasteiger partial charge in [0, 0.05) is 23.8 Å². The number of nitrogens with zero attached hydrogens (tertiary/aromatic N) is 1. The molecule has 5 heteroatoms. The minimum atomic E-state index is -0.0756. The molecule has 39 heavy (non-hydrogen) atoms. The van der Waals surface area contributed by atoms with E-state index in [1.54, 1.807) is 11.8 Å². The maximum absolute atomic E-state index is 13.9. The van der Waals surface area contributed by atoms with E-state index in [1.807, 2.05) is 36.4 Å². The topological polar surface area (TPSA) is 49.4 Å². The van der Waals surface area contributed by atoms with Crippen molar-refractivity contribution in [2.24, 2.45) is 5.92 Å². The summed E-state index contributed by atoms with van der Waals surface area (Å²) in [6, 6.07) is 27.2. The van der Waals surface area contributed by atoms with Crippen molar-refractivity contribution in [2.75, 3.05) is 0 Å². The lowest BCUT2D eigenvalue weighted by atomic mass is 9.82. The summed E-state index contributed by atoms with van der Waals surface area (Å²) in [6.07, 6.45) is 7.71. The lowest BCUT2D eigenvalue weighted by Gasteiger charge is -2.46. The third-order valence-electron chi connectivity index (χ3n) is 8.49. The van der Waals surface area contributed by atoms with Gasteiger partial charge in [0.2, 0.25) is 5.91 Å². The molecule has 2 fully saturated rings. The van der Waals surface area contributed by atoms with Crippen LogP contribution in [0.4, 0.5) is 0 Å². The molecule has 6 rings (SSSR count). The first-order chi connectivity index (χ1) is 19.0. The highest BCUT2D eigenvalue weighted by Crippen LogP contribution is 2.44. The van der Waals surface area contributed by atoms with Gasteiger partial charge < -0.3 is 10.2 Å². The fourth-order valence-corrected chi connectivity index (χ4v) is 7.93. The molecule has 1 aliphatic heterocycles. The number of hydrogen-bond acceptors (Lipinski definition) is 3. The van der Waals surface area contributed by atoms with Crippen LogP contribution in [-0.4, -0.2) is 28.0 Å². The number of nitrogens with one attached hydrogen (secondary N) is 1. The minimum Gasteiger partial charge on any atom is -0.349 e. The summed E-state index contributed by atoms with van der Waals surface area (Å²) in [4.78, 5) is 30.4. The number of benzene rings is 3. The number of thioether (sulfide) groups is 1. The van der Waals surface area contributed by atoms with Crippen LogP contribution in [0.2, 0.25) is 0 Å². The first kappa shape index (κ1) is 25.9. The van der Waals surface area contributed by atoms with Crippen LogP contribution in [0.3, 0.4) is 0 Å². The Morgan fingerprint density at radius 1 is 1.00 bits per heavy atom. The summed E-state index contributed by atoms with van der Waals surface area (Å²) in [7, 11) is 0. The monoisotopic (exact) mass is 536 g/mol. The Balaban J connectivity index is 1.23. The van der Waals surface area contributed by atoms with E-state index in [-0.39, 0.29) is 29.8 Å². The van der Waals surface area contributed by atoms with Crippen LogP contribution >= 0.6 is 11.8 Å². The van der Waals surface area contributed by atoms with Crippen LogP contribution in [0, 0.1) is 12.8 Å². The van der Waals surface area contributed by atoms with Gasteiger partial charge in [0.25, 0.3) is 5.91 Å². The van der Waals surface area contributed by atoms with E-state index in [4.69, 9.17) is 0 Å². The van der Waals surface area contributed by atoms with Crippen molar-refractivity contribution >= 4 is 29.7 Å². The Morgan fingerprint density at radius 2 is 1.82 bits per heavy atom. The zero-order valence-corrected chi connectivity index (χ0v) is 23.3. The maximum atomic E-state index is 13.9. The van der Waals surface area contributed by atoms with E-state index < -0.39 is 0 Å². The van der Waals surface area contributed by atoms with Crippen molar-refractivity contribution in [1.82, 2.24) is 10.2 Å². The number of hydrogen-bond donors (Lipinski definition) is 1. The third-order valence-corrected chi connectivity index (χ3v) is 9.89. The molecule has 4 atom stereocenters. The number of carbonyl (C=O) groups excluding carboxylic acids is 2. The molecule has 1 saturated heterocycles. The zero-order valence-electron chi connectivity index (χ0n) is 22.5. The molecule has 1 heterocycles. The van der Waals surface area contributed by atoms with E-state index in [0.29, 0.717) is 18.2 Å². The van der Waals surface area contributed by atoms with Crippen LogP contribution in [0.1, 0.15) is 66.0 Å². The van der Waals surface area contributed by atoms with Gasteiger partial charge in [-0.1, -0.05) is 84.4 Å². The van der Waals surface area contributed by atoms with Crippen molar-refractivity contribution < 1.29 is 9.59 Å². The van der Waals surface area contributed by atoms with E-state index in [1.165, 1.54) is 16.7 Å². The van der Waals surface area contributed by atoms with Crippen molar-refractivity contribution in [3.05, 3.63) is 112 Å². The van der Waals surface area contributed by atoms with Gasteiger partial charge in [0.15, 0.2) is 0 Å². The van der Waals surface area contributed by atoms with E-state index in [2.05, 4.69) is 65.7 Å². The number of carbonyl (C=O) groups is 2. The molecular formula is C34H36N2O2S. The smallest absolute Gasteiger partial charge is 0.260 e. The quantitative estimate of drug-likeness (QED) is 0.363. The molecule has 0 bridgehead atoms. The summed E-state index contributed by atoms with van der Waals surface area (Å²) in [5.41, 5.74) is 6.00. The van der Waals surface area contributed by atoms with Gasteiger partial charge in [-0.2, -0.15) is 0 Å². The maximum Gasteiger partial charge on any atom is 0.260 e. The normalized spacial score (nSPS) is 25.6. The minimum absolute atomic E-state index is 0.0408. The molecule has 1 N–H and O–H groups in total. The molecule has 0 aromatic heterocycles. The molecule has 0 radical (unpaired) electrons. The van der Waals surface area contributed by atoms with E-state index >= 15 is 0 Å². The molecule has 0 spiro atoms. The van der Waals surface area contributed by atoms with Crippen molar-refractivity contribution in [2.45, 2.75) is 69.3 Å². The number of aryl methyl sites for hydroxylation is 2. The first-order valence-corrected chi connectivity index (χ1v) is 15.1. The lowest BCUT2D eigenvalue weighted by Crippen LogP contribution is -2.53. The predicted molar refractivity (Wildman–Crippen MR) is 159 cm³/mol. The molecule has 2 amide bonds. The fraction of sp³-hybridized carbons (Fsp3) is 0.353. The second-order valence-corrected chi connectivity index (χ2v) is 12.5. The molecule has 1 saturated carbocycles. The summed E-state index contributed by atoms with van der Waals surface area (Å²) in [6.45, 7) is 2.66. The highest BCUT2D eigenvalue weighted by molar-refractivity contribution is 8.04. The summed E-state index contributed by atoms with van der Waals surface area (Å²) >= 11 is 1.71. The van der Waals surface area contributed by atoms with Gasteiger partial charge in [-0.05, 0) is 73.8 Å². The van der Waals surface area contributed by atoms with Crippen LogP contribution < -0.4 is 5.32 Å². The Kier molecular flexibility index (Phi) is 7.60. The largest absolute Gasteiger partial charge is 0.349 e. The van der Waals surface area contributed by atoms with Crippen LogP contribution in [-0.2, 0) is 22.6 Å². The molecule has 4 nitrogen and oxygen atoms in total. The SMILES string of the molecule is Cc1cccc(CN2C(=O)/C(=C/c3ccccc3)SC3CCC(C(=O)NC4CCCc5ccccc54)CC32)c1. The predicted octanol–water partition coefficient (Wildman–Crippen LogP) is 6.84. The summed E-state index contributed by atoms with van der Waals surface area (Å²) < 4.78 is 0. The molecule has 200 valence electrons. The van der Waals surface area contributed by atoms with Crippen LogP contribution in [0.5, 0.6) is 0 Å². The lowest BCUT2D eigenvalue weighted by molar-refractivity contribution is -0.134. The molecule has 3 aromatic rings. The van der Waals surface area contributed by atoms with Crippen molar-refractivity contribution in [1.29, 1.82) is 0 Å². The Morgan fingerprint density at radius 3 is 2.67 bits per heavy atom. The Labute approximate surface area is 235 Å². The highest BCUT2D eigenvalue weighted by atomic mass is 32.2. The number of fused-ring (bicyclic) bond motifs is 2. The van der Waals surface area contributed by atoms with E-state index in [9.17, 15) is 9.59 Å². The van der Waals surface area contributed by atoms with Gasteiger partial charge in [-0.25, -0.2) is 0 Å². The summed E-state index contributed by atoms with van der Waals surface area (Å²) in [5.74, 6) is 0.149. The highest BCUT2D eigenvalue weighted by Gasteiger charge is 2.44. The second kappa shape index (κ2) is 11.4. The molecule has 2 aliphatic carbocycles. The van der Waals surface area contributed by atoms with Crippen molar-refractivity contribution in [3.63, 3.8) is 0 Å². The first-order valence-electron chi connectivity index (χ1n) is 14.2. The van der Waals surface area contributed by atoms with Crippen molar-refractivity contribution in [3.8, 4) is 0 Å². The van der Waals surface area contributed by atoms with Gasteiger partial charge in [0.1, 0.15) is 0 Å². The third kappa shape index (κ3) is 5.69. The van der Waals surface area contributed by atoms with E-state index in [0.717, 1.165) is 48.1 Å². The van der Waals surface area contributed by atoms with Gasteiger partial charge in [0.05, 0.1) is 10.9 Å². The van der Waals surface area contributed by atoms with Crippen LogP contribution in [0.15, 0.2) is 83.8 Å². The average molecular weight is 537 g/mol. The fourth-order valence-electron chi connectivity index (χ4n) is 6.51. The summed E-state index contributed by atoms with van der Waals surface area (Å²) in [5, 5.41) is 3.70. The Hall–Kier alpha value is -3.31. The molecule has 4 unspecified atom stereocenters. The van der Waals surface area contributed by atoms with Gasteiger partial charge >= 0.3 is 0 Å². The standard InChI is InChI=1S/C34H36N2O2S/c1-23-9-7-12-25(19-23)22-36-30-21-27(33(37)35-29-16-8-14-26-13-5-6-15-28(26)29)17-18-31(30)39-32(34(36)38)20-24-10-3-2-4-11-24/h2-7,9-13,15,19-20,27,29-31H,8,14,16-18,21-22H2,1H3,(H,35,37)/b32-20-. The van der Waals surface area contributed by atoms with Gasteiger partial charge in [-0.3, -0.25) is 9.59 Å². The van der Waals surface area contributed by atoms with Gasteiger partial charge in [-0.15, -0.1) is 11.8 Å². The molecular weight excluding hydrogens is 500 g/mol. The zero-order chi connectivity index (χ0) is 26.8. The average Bonchev–Trinajstić information content (AvgIpc) is 2.96.